The number of benzene rings is 1. The van der Waals surface area contributed by atoms with Gasteiger partial charge in [0.15, 0.2) is 0 Å². The Bertz CT molecular complexity index is 532. The minimum atomic E-state index is 0.0254. The summed E-state index contributed by atoms with van der Waals surface area (Å²) in [5.74, 6) is 0.0254. The van der Waals surface area contributed by atoms with Gasteiger partial charge in [-0.05, 0) is 31.0 Å². The molecule has 2 rings (SSSR count). The number of aromatic nitrogens is 2. The van der Waals surface area contributed by atoms with Crippen LogP contribution in [0.4, 0.5) is 5.69 Å². The molecule has 0 radical (unpaired) electrons. The van der Waals surface area contributed by atoms with E-state index in [-0.39, 0.29) is 5.91 Å². The number of amides is 1. The van der Waals surface area contributed by atoms with Crippen molar-refractivity contribution < 1.29 is 4.79 Å². The second kappa shape index (κ2) is 5.49. The molecule has 0 atom stereocenters. The first-order chi connectivity index (χ1) is 8.65. The maximum Gasteiger partial charge on any atom is 0.226 e. The predicted octanol–water partition coefficient (Wildman–Crippen LogP) is 2.53. The Morgan fingerprint density at radius 3 is 2.94 bits per heavy atom. The Hall–Kier alpha value is -2.10. The zero-order chi connectivity index (χ0) is 13.0. The predicted molar refractivity (Wildman–Crippen MR) is 71.4 cm³/mol. The number of anilines is 1. The van der Waals surface area contributed by atoms with E-state index in [2.05, 4.69) is 10.3 Å². The van der Waals surface area contributed by atoms with Crippen molar-refractivity contribution in [3.63, 3.8) is 0 Å². The van der Waals surface area contributed by atoms with E-state index in [1.54, 1.807) is 12.5 Å². The SMILES string of the molecule is Cc1ccc(C)c(NC(=O)CCn2ccnc2)c1. The summed E-state index contributed by atoms with van der Waals surface area (Å²) in [7, 11) is 0. The topological polar surface area (TPSA) is 46.9 Å². The molecule has 4 heteroatoms. The van der Waals surface area contributed by atoms with E-state index in [4.69, 9.17) is 0 Å². The zero-order valence-corrected chi connectivity index (χ0v) is 10.7. The summed E-state index contributed by atoms with van der Waals surface area (Å²) in [5.41, 5.74) is 3.12. The van der Waals surface area contributed by atoms with Gasteiger partial charge >= 0.3 is 0 Å². The third kappa shape index (κ3) is 3.20. The second-order valence-electron chi connectivity index (χ2n) is 4.42. The molecule has 4 nitrogen and oxygen atoms in total. The van der Waals surface area contributed by atoms with Crippen LogP contribution in [0.15, 0.2) is 36.9 Å². The van der Waals surface area contributed by atoms with Crippen LogP contribution in [-0.2, 0) is 11.3 Å². The number of hydrogen-bond acceptors (Lipinski definition) is 2. The van der Waals surface area contributed by atoms with Crippen molar-refractivity contribution >= 4 is 11.6 Å². The highest BCUT2D eigenvalue weighted by Crippen LogP contribution is 2.16. The van der Waals surface area contributed by atoms with Gasteiger partial charge in [-0.2, -0.15) is 0 Å². The summed E-state index contributed by atoms with van der Waals surface area (Å²) >= 11 is 0. The molecule has 0 aliphatic carbocycles. The number of aryl methyl sites for hydroxylation is 3. The molecule has 94 valence electrons. The van der Waals surface area contributed by atoms with E-state index in [1.165, 1.54) is 0 Å². The van der Waals surface area contributed by atoms with E-state index < -0.39 is 0 Å². The second-order valence-corrected chi connectivity index (χ2v) is 4.42. The van der Waals surface area contributed by atoms with Gasteiger partial charge in [-0.1, -0.05) is 12.1 Å². The summed E-state index contributed by atoms with van der Waals surface area (Å²) in [4.78, 5) is 15.8. The highest BCUT2D eigenvalue weighted by Gasteiger charge is 2.05. The summed E-state index contributed by atoms with van der Waals surface area (Å²) in [5, 5.41) is 2.94. The van der Waals surface area contributed by atoms with Gasteiger partial charge in [0.05, 0.1) is 6.33 Å². The van der Waals surface area contributed by atoms with E-state index in [9.17, 15) is 4.79 Å². The van der Waals surface area contributed by atoms with Crippen LogP contribution >= 0.6 is 0 Å². The van der Waals surface area contributed by atoms with Gasteiger partial charge in [0.1, 0.15) is 0 Å². The lowest BCUT2D eigenvalue weighted by Gasteiger charge is -2.09. The quantitative estimate of drug-likeness (QED) is 0.897. The first kappa shape index (κ1) is 12.4. The normalized spacial score (nSPS) is 10.3. The maximum atomic E-state index is 11.8. The fourth-order valence-electron chi connectivity index (χ4n) is 1.73. The van der Waals surface area contributed by atoms with Crippen molar-refractivity contribution in [2.24, 2.45) is 0 Å². The Morgan fingerprint density at radius 1 is 1.39 bits per heavy atom. The Morgan fingerprint density at radius 2 is 2.22 bits per heavy atom. The average Bonchev–Trinajstić information content (AvgIpc) is 2.84. The van der Waals surface area contributed by atoms with E-state index in [0.29, 0.717) is 13.0 Å². The molecular weight excluding hydrogens is 226 g/mol. The summed E-state index contributed by atoms with van der Waals surface area (Å²) in [6.45, 7) is 4.65. The number of nitrogens with zero attached hydrogens (tertiary/aromatic N) is 2. The first-order valence-electron chi connectivity index (χ1n) is 5.98. The minimum absolute atomic E-state index is 0.0254. The van der Waals surface area contributed by atoms with Crippen LogP contribution in [0.2, 0.25) is 0 Å². The van der Waals surface area contributed by atoms with Gasteiger partial charge in [-0.25, -0.2) is 4.98 Å². The van der Waals surface area contributed by atoms with Crippen molar-refractivity contribution in [2.75, 3.05) is 5.32 Å². The van der Waals surface area contributed by atoms with Crippen LogP contribution in [-0.4, -0.2) is 15.5 Å². The van der Waals surface area contributed by atoms with Crippen molar-refractivity contribution in [1.82, 2.24) is 9.55 Å². The number of rotatable bonds is 4. The lowest BCUT2D eigenvalue weighted by Crippen LogP contribution is -2.14. The van der Waals surface area contributed by atoms with E-state index in [1.807, 2.05) is 42.8 Å². The molecule has 1 heterocycles. The molecule has 0 bridgehead atoms. The van der Waals surface area contributed by atoms with Crippen molar-refractivity contribution in [1.29, 1.82) is 0 Å². The van der Waals surface area contributed by atoms with Crippen molar-refractivity contribution in [2.45, 2.75) is 26.8 Å². The van der Waals surface area contributed by atoms with Crippen molar-refractivity contribution in [3.05, 3.63) is 48.0 Å². The molecule has 1 amide bonds. The molecule has 18 heavy (non-hydrogen) atoms. The molecule has 1 aromatic heterocycles. The van der Waals surface area contributed by atoms with Crippen molar-refractivity contribution in [3.8, 4) is 0 Å². The fraction of sp³-hybridized carbons (Fsp3) is 0.286. The van der Waals surface area contributed by atoms with Gasteiger partial charge in [0, 0.05) is 31.0 Å². The number of imidazole rings is 1. The lowest BCUT2D eigenvalue weighted by molar-refractivity contribution is -0.116. The Balaban J connectivity index is 1.92. The highest BCUT2D eigenvalue weighted by atomic mass is 16.1. The van der Waals surface area contributed by atoms with E-state index in [0.717, 1.165) is 16.8 Å². The molecule has 1 N–H and O–H groups in total. The minimum Gasteiger partial charge on any atom is -0.337 e. The number of nitrogens with one attached hydrogen (secondary N) is 1. The Labute approximate surface area is 107 Å². The number of carbonyl (C=O) groups is 1. The monoisotopic (exact) mass is 243 g/mol. The molecule has 0 fully saturated rings. The molecule has 0 aliphatic rings. The molecule has 2 aromatic rings. The van der Waals surface area contributed by atoms with Gasteiger partial charge in [-0.15, -0.1) is 0 Å². The lowest BCUT2D eigenvalue weighted by atomic mass is 10.1. The Kier molecular flexibility index (Phi) is 3.77. The zero-order valence-electron chi connectivity index (χ0n) is 10.7. The van der Waals surface area contributed by atoms with Crippen LogP contribution < -0.4 is 5.32 Å². The summed E-state index contributed by atoms with van der Waals surface area (Å²) in [6, 6.07) is 6.04. The van der Waals surface area contributed by atoms with Crippen LogP contribution in [0.25, 0.3) is 0 Å². The van der Waals surface area contributed by atoms with Gasteiger partial charge in [0.2, 0.25) is 5.91 Å². The standard InChI is InChI=1S/C14H17N3O/c1-11-3-4-12(2)13(9-11)16-14(18)5-7-17-8-6-15-10-17/h3-4,6,8-10H,5,7H2,1-2H3,(H,16,18). The number of hydrogen-bond donors (Lipinski definition) is 1. The fourth-order valence-corrected chi connectivity index (χ4v) is 1.73. The van der Waals surface area contributed by atoms with Crippen LogP contribution in [0, 0.1) is 13.8 Å². The maximum absolute atomic E-state index is 11.8. The first-order valence-corrected chi connectivity index (χ1v) is 5.98. The van der Waals surface area contributed by atoms with Gasteiger partial charge < -0.3 is 9.88 Å². The van der Waals surface area contributed by atoms with Crippen LogP contribution in [0.3, 0.4) is 0 Å². The average molecular weight is 243 g/mol. The smallest absolute Gasteiger partial charge is 0.226 e. The molecule has 0 saturated carbocycles. The van der Waals surface area contributed by atoms with Gasteiger partial charge in [-0.3, -0.25) is 4.79 Å². The molecular formula is C14H17N3O. The highest BCUT2D eigenvalue weighted by molar-refractivity contribution is 5.91. The molecule has 0 saturated heterocycles. The molecule has 0 aliphatic heterocycles. The number of carbonyl (C=O) groups excluding carboxylic acids is 1. The summed E-state index contributed by atoms with van der Waals surface area (Å²) < 4.78 is 1.89. The third-order valence-electron chi connectivity index (χ3n) is 2.82. The molecule has 0 spiro atoms. The van der Waals surface area contributed by atoms with Crippen LogP contribution in [0.5, 0.6) is 0 Å². The third-order valence-corrected chi connectivity index (χ3v) is 2.82. The molecule has 0 unspecified atom stereocenters. The molecule has 1 aromatic carbocycles. The van der Waals surface area contributed by atoms with Gasteiger partial charge in [0.25, 0.3) is 0 Å². The largest absolute Gasteiger partial charge is 0.337 e. The van der Waals surface area contributed by atoms with E-state index >= 15 is 0 Å². The van der Waals surface area contributed by atoms with Crippen LogP contribution in [0.1, 0.15) is 17.5 Å². The summed E-state index contributed by atoms with van der Waals surface area (Å²) in [6.07, 6.45) is 5.72.